The minimum absolute atomic E-state index is 0.0582. The summed E-state index contributed by atoms with van der Waals surface area (Å²) in [7, 11) is -2.20. The van der Waals surface area contributed by atoms with Crippen LogP contribution in [-0.4, -0.2) is 49.7 Å². The number of benzene rings is 1. The van der Waals surface area contributed by atoms with E-state index in [1.165, 1.54) is 30.7 Å². The van der Waals surface area contributed by atoms with Gasteiger partial charge >= 0.3 is 12.1 Å². The fourth-order valence-corrected chi connectivity index (χ4v) is 5.22. The number of carbonyl (C=O) groups is 2. The van der Waals surface area contributed by atoms with Gasteiger partial charge in [0.15, 0.2) is 8.32 Å². The quantitative estimate of drug-likeness (QED) is 0.144. The van der Waals surface area contributed by atoms with E-state index in [1.54, 1.807) is 20.8 Å². The summed E-state index contributed by atoms with van der Waals surface area (Å²) < 4.78 is 18.0. The first-order chi connectivity index (χ1) is 17.5. The molecular weight excluding hydrogens is 504 g/mol. The predicted octanol–water partition coefficient (Wildman–Crippen LogP) is 7.01. The molecule has 1 aliphatic rings. The number of rotatable bonds is 10. The summed E-state index contributed by atoms with van der Waals surface area (Å²) >= 11 is 0. The molecule has 10 heteroatoms. The Bertz CT molecular complexity index is 945. The van der Waals surface area contributed by atoms with Crippen molar-refractivity contribution in [1.29, 1.82) is 0 Å². The summed E-state index contributed by atoms with van der Waals surface area (Å²) in [5, 5.41) is 14.0. The molecule has 1 aromatic rings. The molecule has 0 aromatic heterocycles. The van der Waals surface area contributed by atoms with E-state index < -0.39 is 43.1 Å². The number of nitrogens with one attached hydrogen (secondary N) is 1. The molecule has 0 unspecified atom stereocenters. The molecule has 0 bridgehead atoms. The molecule has 9 nitrogen and oxygen atoms in total. The SMILES string of the molecule is CC(C)(C)OC(=O)N[C@@H](CC1CCCCC1)[C@H](CO[Si](C)(C)C(C)(C)C)OC(=O)c1ccc([N+](=O)[O-])cc1. The number of carbonyl (C=O) groups excluding carboxylic acids is 2. The van der Waals surface area contributed by atoms with Gasteiger partial charge in [0.25, 0.3) is 5.69 Å². The van der Waals surface area contributed by atoms with Crippen molar-refractivity contribution in [2.45, 2.75) is 116 Å². The van der Waals surface area contributed by atoms with Crippen LogP contribution in [0.1, 0.15) is 90.4 Å². The smallest absolute Gasteiger partial charge is 0.408 e. The van der Waals surface area contributed by atoms with Gasteiger partial charge in [-0.2, -0.15) is 0 Å². The normalized spacial score (nSPS) is 16.8. The third-order valence-electron chi connectivity index (χ3n) is 7.45. The molecule has 1 fully saturated rings. The highest BCUT2D eigenvalue weighted by Crippen LogP contribution is 2.37. The lowest BCUT2D eigenvalue weighted by Crippen LogP contribution is -2.52. The third-order valence-corrected chi connectivity index (χ3v) is 12.0. The van der Waals surface area contributed by atoms with Crippen LogP contribution in [0, 0.1) is 16.0 Å². The molecule has 2 atom stereocenters. The largest absolute Gasteiger partial charge is 0.454 e. The number of non-ortho nitro benzene ring substituents is 1. The van der Waals surface area contributed by atoms with Crippen LogP contribution in [0.15, 0.2) is 24.3 Å². The van der Waals surface area contributed by atoms with Crippen LogP contribution in [0.2, 0.25) is 18.1 Å². The number of nitro groups is 1. The molecule has 1 aromatic carbocycles. The fraction of sp³-hybridized carbons (Fsp3) is 0.714. The van der Waals surface area contributed by atoms with Crippen molar-refractivity contribution in [1.82, 2.24) is 5.32 Å². The zero-order valence-electron chi connectivity index (χ0n) is 24.3. The highest BCUT2D eigenvalue weighted by atomic mass is 28.4. The molecule has 2 rings (SSSR count). The number of hydrogen-bond donors (Lipinski definition) is 1. The molecule has 214 valence electrons. The van der Waals surface area contributed by atoms with Gasteiger partial charge in [-0.15, -0.1) is 0 Å². The maximum absolute atomic E-state index is 13.2. The van der Waals surface area contributed by atoms with Crippen molar-refractivity contribution in [2.24, 2.45) is 5.92 Å². The second kappa shape index (κ2) is 13.1. The predicted molar refractivity (Wildman–Crippen MR) is 150 cm³/mol. The third kappa shape index (κ3) is 10.0. The van der Waals surface area contributed by atoms with Crippen molar-refractivity contribution in [2.75, 3.05) is 6.61 Å². The van der Waals surface area contributed by atoms with Crippen molar-refractivity contribution < 1.29 is 28.4 Å². The van der Waals surface area contributed by atoms with Gasteiger partial charge in [0, 0.05) is 12.1 Å². The lowest BCUT2D eigenvalue weighted by molar-refractivity contribution is -0.384. The molecular formula is C28H46N2O7Si. The molecule has 38 heavy (non-hydrogen) atoms. The van der Waals surface area contributed by atoms with Gasteiger partial charge in [-0.1, -0.05) is 52.9 Å². The number of nitro benzene ring substituents is 1. The number of hydrogen-bond acceptors (Lipinski definition) is 7. The highest BCUT2D eigenvalue weighted by molar-refractivity contribution is 6.74. The van der Waals surface area contributed by atoms with E-state index in [4.69, 9.17) is 13.9 Å². The average molecular weight is 551 g/mol. The first-order valence-electron chi connectivity index (χ1n) is 13.6. The zero-order chi connectivity index (χ0) is 28.7. The fourth-order valence-electron chi connectivity index (χ4n) is 4.21. The van der Waals surface area contributed by atoms with Crippen molar-refractivity contribution in [3.63, 3.8) is 0 Å². The molecule has 1 amide bonds. The summed E-state index contributed by atoms with van der Waals surface area (Å²) in [6.45, 7) is 16.2. The van der Waals surface area contributed by atoms with Crippen LogP contribution in [0.25, 0.3) is 0 Å². The molecule has 0 aliphatic heterocycles. The molecule has 0 heterocycles. The summed E-state index contributed by atoms with van der Waals surface area (Å²) in [4.78, 5) is 36.6. The van der Waals surface area contributed by atoms with Gasteiger partial charge in [-0.25, -0.2) is 9.59 Å². The monoisotopic (exact) mass is 550 g/mol. The standard InChI is InChI=1S/C28H46N2O7Si/c1-27(2,3)37-26(32)29-23(18-20-12-10-9-11-13-20)24(19-35-38(7,8)28(4,5)6)36-25(31)21-14-16-22(17-15-21)30(33)34/h14-17,20,23-24H,9-13,18-19H2,1-8H3,(H,29,32)/t23-,24-/m0/s1. The Morgan fingerprint density at radius 3 is 2.13 bits per heavy atom. The Balaban J connectivity index is 2.34. The van der Waals surface area contributed by atoms with E-state index in [0.29, 0.717) is 12.3 Å². The topological polar surface area (TPSA) is 117 Å². The summed E-state index contributed by atoms with van der Waals surface area (Å²) in [5.41, 5.74) is -0.593. The van der Waals surface area contributed by atoms with Crippen LogP contribution >= 0.6 is 0 Å². The van der Waals surface area contributed by atoms with Gasteiger partial charge in [0.1, 0.15) is 11.7 Å². The van der Waals surface area contributed by atoms with E-state index in [9.17, 15) is 19.7 Å². The first-order valence-corrected chi connectivity index (χ1v) is 16.5. The second-order valence-corrected chi connectivity index (χ2v) is 17.6. The van der Waals surface area contributed by atoms with E-state index in [0.717, 1.165) is 25.7 Å². The van der Waals surface area contributed by atoms with Crippen LogP contribution in [0.4, 0.5) is 10.5 Å². The van der Waals surface area contributed by atoms with Gasteiger partial charge in [0.2, 0.25) is 0 Å². The Hall–Kier alpha value is -2.46. The molecule has 0 radical (unpaired) electrons. The van der Waals surface area contributed by atoms with Crippen LogP contribution in [0.3, 0.4) is 0 Å². The van der Waals surface area contributed by atoms with E-state index in [1.807, 2.05) is 0 Å². The Labute approximate surface area is 228 Å². The number of ether oxygens (including phenoxy) is 2. The Morgan fingerprint density at radius 2 is 1.63 bits per heavy atom. The number of amides is 1. The van der Waals surface area contributed by atoms with Crippen molar-refractivity contribution in [3.05, 3.63) is 39.9 Å². The highest BCUT2D eigenvalue weighted by Gasteiger charge is 2.40. The van der Waals surface area contributed by atoms with Gasteiger partial charge in [-0.3, -0.25) is 10.1 Å². The summed E-state index contributed by atoms with van der Waals surface area (Å²) in [6, 6.07) is 4.79. The van der Waals surface area contributed by atoms with Crippen LogP contribution in [-0.2, 0) is 13.9 Å². The molecule has 1 saturated carbocycles. The van der Waals surface area contributed by atoms with Gasteiger partial charge < -0.3 is 19.2 Å². The summed E-state index contributed by atoms with van der Waals surface area (Å²) in [6.07, 6.45) is 4.89. The lowest BCUT2D eigenvalue weighted by atomic mass is 9.83. The maximum Gasteiger partial charge on any atom is 0.408 e. The van der Waals surface area contributed by atoms with E-state index in [-0.39, 0.29) is 22.9 Å². The van der Waals surface area contributed by atoms with E-state index in [2.05, 4.69) is 39.2 Å². The maximum atomic E-state index is 13.2. The molecule has 0 saturated heterocycles. The molecule has 1 N–H and O–H groups in total. The second-order valence-electron chi connectivity index (χ2n) is 12.8. The average Bonchev–Trinajstić information content (AvgIpc) is 2.80. The molecule has 0 spiro atoms. The lowest BCUT2D eigenvalue weighted by Gasteiger charge is -2.39. The minimum atomic E-state index is -2.20. The number of nitrogens with zero attached hydrogens (tertiary/aromatic N) is 1. The van der Waals surface area contributed by atoms with Crippen molar-refractivity contribution in [3.8, 4) is 0 Å². The summed E-state index contributed by atoms with van der Waals surface area (Å²) in [5.74, 6) is -0.236. The zero-order valence-corrected chi connectivity index (χ0v) is 25.3. The van der Waals surface area contributed by atoms with Gasteiger partial charge in [0.05, 0.1) is 23.1 Å². The van der Waals surface area contributed by atoms with Crippen LogP contribution < -0.4 is 5.32 Å². The Morgan fingerprint density at radius 1 is 1.05 bits per heavy atom. The molecule has 1 aliphatic carbocycles. The minimum Gasteiger partial charge on any atom is -0.454 e. The number of alkyl carbamates (subject to hydrolysis) is 1. The number of esters is 1. The Kier molecular flexibility index (Phi) is 10.9. The first kappa shape index (κ1) is 31.8. The van der Waals surface area contributed by atoms with Gasteiger partial charge in [-0.05, 0) is 63.4 Å². The van der Waals surface area contributed by atoms with Crippen LogP contribution in [0.5, 0.6) is 0 Å². The van der Waals surface area contributed by atoms with Crippen molar-refractivity contribution >= 4 is 26.1 Å². The van der Waals surface area contributed by atoms with E-state index >= 15 is 0 Å².